The minimum absolute atomic E-state index is 0.0329. The summed E-state index contributed by atoms with van der Waals surface area (Å²) in [5, 5.41) is 76.4. The van der Waals surface area contributed by atoms with Crippen LogP contribution in [0.5, 0.6) is 0 Å². The molecule has 1 saturated heterocycles. The van der Waals surface area contributed by atoms with Gasteiger partial charge in [0.1, 0.15) is 24.4 Å². The maximum absolute atomic E-state index is 12.7. The van der Waals surface area contributed by atoms with Crippen molar-refractivity contribution in [3.8, 4) is 0 Å². The molecule has 5 rings (SSSR count). The number of fused-ring (bicyclic) bond motifs is 5. The smallest absolute Gasteiger partial charge is 0.393 e. The SMILES string of the molecule is CC(C)[C@H](CCO[C@@H]1OC[C@@H](O)[C@H](O)[C@H]1O)CC[C@@H](C)[C@H]1C(O)C(OS(=O)(=O)O)[C@@H]2[C@]1(C)CC[C@H]1[C@@]2(O)CC(O)C2CC(O)CC[C@@]21C. The predicted molar refractivity (Wildman–Crippen MR) is 172 cm³/mol. The molecule has 5 aliphatic rings. The Balaban J connectivity index is 1.34. The Kier molecular flexibility index (Phi) is 11.4. The fraction of sp³-hybridized carbons (Fsp3) is 1.00. The van der Waals surface area contributed by atoms with Crippen LogP contribution in [0.4, 0.5) is 0 Å². The van der Waals surface area contributed by atoms with Gasteiger partial charge in [-0.1, -0.05) is 41.0 Å². The summed E-state index contributed by atoms with van der Waals surface area (Å²) in [7, 11) is -5.00. The fourth-order valence-electron chi connectivity index (χ4n) is 11.5. The summed E-state index contributed by atoms with van der Waals surface area (Å²) in [5.74, 6) is -1.58. The molecule has 14 heteroatoms. The van der Waals surface area contributed by atoms with E-state index in [4.69, 9.17) is 13.7 Å². The largest absolute Gasteiger partial charge is 0.397 e. The number of hydrogen-bond donors (Lipinski definition) is 8. The third kappa shape index (κ3) is 7.00. The van der Waals surface area contributed by atoms with E-state index in [0.717, 1.165) is 6.42 Å². The monoisotopic (exact) mass is 708 g/mol. The molecule has 17 atom stereocenters. The number of aliphatic hydroxyl groups is 7. The molecule has 13 nitrogen and oxygen atoms in total. The fourth-order valence-corrected chi connectivity index (χ4v) is 12.0. The van der Waals surface area contributed by atoms with E-state index in [1.54, 1.807) is 0 Å². The van der Waals surface area contributed by atoms with Crippen molar-refractivity contribution in [2.24, 2.45) is 52.3 Å². The van der Waals surface area contributed by atoms with Gasteiger partial charge in [-0.25, -0.2) is 4.18 Å². The van der Waals surface area contributed by atoms with Gasteiger partial charge in [-0.15, -0.1) is 0 Å². The van der Waals surface area contributed by atoms with E-state index in [0.29, 0.717) is 44.9 Å². The summed E-state index contributed by atoms with van der Waals surface area (Å²) in [5.41, 5.74) is -2.85. The van der Waals surface area contributed by atoms with Gasteiger partial charge in [-0.05, 0) is 91.3 Å². The van der Waals surface area contributed by atoms with Crippen LogP contribution in [0.1, 0.15) is 92.4 Å². The highest BCUT2D eigenvalue weighted by atomic mass is 32.3. The normalized spacial score (nSPS) is 49.2. The standard InChI is InChI=1S/C34H60O13S/c1-17(2)19(10-13-45-31-28(40)26(38)23(37)16-46-31)7-6-18(3)25-27(39)29(47-48(42,43)44)30-33(25,5)12-9-24-32(4)11-8-20(35)14-21(32)22(36)15-34(24,30)41/h17-31,35-41H,6-16H2,1-5H3,(H,42,43,44)/t18-,19+,20?,21?,22?,23-,24-,25+,26+,27?,28-,29?,30-,31-,32+,33-,34+/m1/s1. The quantitative estimate of drug-likeness (QED) is 0.142. The summed E-state index contributed by atoms with van der Waals surface area (Å²) >= 11 is 0. The van der Waals surface area contributed by atoms with Crippen molar-refractivity contribution in [2.45, 2.75) is 147 Å². The van der Waals surface area contributed by atoms with Crippen molar-refractivity contribution < 1.29 is 62.4 Å². The van der Waals surface area contributed by atoms with E-state index in [2.05, 4.69) is 20.8 Å². The van der Waals surface area contributed by atoms with Crippen molar-refractivity contribution in [1.29, 1.82) is 0 Å². The summed E-state index contributed by atoms with van der Waals surface area (Å²) in [6.07, 6.45) is -4.32. The van der Waals surface area contributed by atoms with E-state index in [9.17, 15) is 48.7 Å². The molecule has 0 amide bonds. The third-order valence-electron chi connectivity index (χ3n) is 13.8. The molecule has 280 valence electrons. The van der Waals surface area contributed by atoms with Crippen molar-refractivity contribution in [3.05, 3.63) is 0 Å². The second-order valence-corrected chi connectivity index (χ2v) is 17.9. The van der Waals surface area contributed by atoms with Crippen LogP contribution < -0.4 is 0 Å². The van der Waals surface area contributed by atoms with E-state index in [1.165, 1.54) is 0 Å². The van der Waals surface area contributed by atoms with Gasteiger partial charge in [0, 0.05) is 12.3 Å². The van der Waals surface area contributed by atoms with Gasteiger partial charge in [0.2, 0.25) is 0 Å². The van der Waals surface area contributed by atoms with E-state index < -0.39 is 87.7 Å². The Hall–Kier alpha value is -0.490. The molecule has 48 heavy (non-hydrogen) atoms. The summed E-state index contributed by atoms with van der Waals surface area (Å²) in [6, 6.07) is 0. The second-order valence-electron chi connectivity index (χ2n) is 16.9. The Morgan fingerprint density at radius 3 is 2.19 bits per heavy atom. The lowest BCUT2D eigenvalue weighted by atomic mass is 9.42. The molecule has 0 aromatic rings. The Bertz CT molecular complexity index is 1220. The molecule has 0 aromatic heterocycles. The molecule has 0 radical (unpaired) electrons. The van der Waals surface area contributed by atoms with Gasteiger partial charge in [0.05, 0.1) is 37.1 Å². The Morgan fingerprint density at radius 2 is 1.54 bits per heavy atom. The molecule has 5 unspecified atom stereocenters. The predicted octanol–water partition coefficient (Wildman–Crippen LogP) is 1.39. The third-order valence-corrected chi connectivity index (χ3v) is 14.3. The van der Waals surface area contributed by atoms with Crippen molar-refractivity contribution in [2.75, 3.05) is 13.2 Å². The summed E-state index contributed by atoms with van der Waals surface area (Å²) in [4.78, 5) is 0. The van der Waals surface area contributed by atoms with Crippen molar-refractivity contribution in [3.63, 3.8) is 0 Å². The number of hydrogen-bond acceptors (Lipinski definition) is 12. The van der Waals surface area contributed by atoms with Crippen LogP contribution >= 0.6 is 0 Å². The number of rotatable bonds is 11. The van der Waals surface area contributed by atoms with Gasteiger partial charge in [0.15, 0.2) is 6.29 Å². The van der Waals surface area contributed by atoms with Crippen LogP contribution in [-0.2, 0) is 24.1 Å². The van der Waals surface area contributed by atoms with Gasteiger partial charge in [0.25, 0.3) is 0 Å². The minimum atomic E-state index is -5.00. The average Bonchev–Trinajstić information content (AvgIpc) is 3.20. The lowest BCUT2D eigenvalue weighted by Gasteiger charge is -2.66. The summed E-state index contributed by atoms with van der Waals surface area (Å²) < 4.78 is 50.7. The van der Waals surface area contributed by atoms with Crippen LogP contribution in [-0.4, -0.2) is 117 Å². The molecule has 4 saturated carbocycles. The average molecular weight is 709 g/mol. The maximum atomic E-state index is 12.7. The molecule has 0 bridgehead atoms. The lowest BCUT2D eigenvalue weighted by molar-refractivity contribution is -0.270. The molecular formula is C34H60O13S. The van der Waals surface area contributed by atoms with Crippen LogP contribution in [0, 0.1) is 52.3 Å². The molecule has 1 aliphatic heterocycles. The maximum Gasteiger partial charge on any atom is 0.397 e. The number of ether oxygens (including phenoxy) is 2. The zero-order valence-corrected chi connectivity index (χ0v) is 29.8. The first-order valence-electron chi connectivity index (χ1n) is 17.9. The van der Waals surface area contributed by atoms with Gasteiger partial charge in [-0.2, -0.15) is 8.42 Å². The van der Waals surface area contributed by atoms with Gasteiger partial charge < -0.3 is 45.2 Å². The first-order chi connectivity index (χ1) is 22.2. The van der Waals surface area contributed by atoms with Crippen LogP contribution in [0.25, 0.3) is 0 Å². The lowest BCUT2D eigenvalue weighted by Crippen LogP contribution is -2.69. The van der Waals surface area contributed by atoms with Crippen molar-refractivity contribution in [1.82, 2.24) is 0 Å². The second kappa shape index (κ2) is 14.1. The highest BCUT2D eigenvalue weighted by Gasteiger charge is 2.73. The summed E-state index contributed by atoms with van der Waals surface area (Å²) in [6.45, 7) is 10.4. The van der Waals surface area contributed by atoms with E-state index in [-0.39, 0.29) is 49.2 Å². The molecule has 0 spiro atoms. The highest BCUT2D eigenvalue weighted by Crippen LogP contribution is 2.70. The van der Waals surface area contributed by atoms with Gasteiger partial charge in [-0.3, -0.25) is 4.55 Å². The molecule has 0 aromatic carbocycles. The highest BCUT2D eigenvalue weighted by molar-refractivity contribution is 7.80. The van der Waals surface area contributed by atoms with Gasteiger partial charge >= 0.3 is 10.4 Å². The van der Waals surface area contributed by atoms with Crippen LogP contribution in [0.3, 0.4) is 0 Å². The van der Waals surface area contributed by atoms with E-state index in [1.807, 2.05) is 13.8 Å². The zero-order valence-electron chi connectivity index (χ0n) is 29.0. The molecule has 5 fully saturated rings. The first-order valence-corrected chi connectivity index (χ1v) is 19.3. The topological polar surface area (TPSA) is 224 Å². The molecule has 8 N–H and O–H groups in total. The minimum Gasteiger partial charge on any atom is -0.393 e. The first kappa shape index (κ1) is 38.7. The zero-order chi connectivity index (χ0) is 35.6. The molecular weight excluding hydrogens is 648 g/mol. The van der Waals surface area contributed by atoms with Crippen molar-refractivity contribution >= 4 is 10.4 Å². The Morgan fingerprint density at radius 1 is 0.875 bits per heavy atom. The molecule has 4 aliphatic carbocycles. The van der Waals surface area contributed by atoms with E-state index >= 15 is 0 Å². The van der Waals surface area contributed by atoms with Crippen LogP contribution in [0.15, 0.2) is 0 Å². The molecule has 1 heterocycles. The van der Waals surface area contributed by atoms with Crippen LogP contribution in [0.2, 0.25) is 0 Å². The Labute approximate surface area is 284 Å². The number of aliphatic hydroxyl groups excluding tert-OH is 6.